The molecular formula is C20H22ClN3O3S2. The van der Waals surface area contributed by atoms with E-state index in [4.69, 9.17) is 22.7 Å². The van der Waals surface area contributed by atoms with Crippen LogP contribution in [0.3, 0.4) is 0 Å². The van der Waals surface area contributed by atoms with Gasteiger partial charge < -0.3 is 15.8 Å². The standard InChI is InChI=1S/C20H21N3O3S2.ClH/c21-10-11-23-19(25)17(28-20(23)27)12-18(24)22-13-14-6-8-16(9-7-14)26-15-4-2-1-3-5-15;/h1-9,17H,10-13,21H2,(H,22,24);1H. The molecule has 1 fully saturated rings. The summed E-state index contributed by atoms with van der Waals surface area (Å²) in [5.74, 6) is 1.16. The minimum atomic E-state index is -0.472. The SMILES string of the molecule is Cl.NCCN1C(=O)C(CC(=O)NCc2ccc(Oc3ccccc3)cc2)SC1=S. The number of amides is 2. The molecule has 1 aliphatic rings. The van der Waals surface area contributed by atoms with E-state index in [0.717, 1.165) is 17.1 Å². The van der Waals surface area contributed by atoms with Gasteiger partial charge in [-0.25, -0.2) is 0 Å². The summed E-state index contributed by atoms with van der Waals surface area (Å²) in [6.45, 7) is 1.11. The summed E-state index contributed by atoms with van der Waals surface area (Å²) in [6.07, 6.45) is 0.0971. The maximum absolute atomic E-state index is 12.3. The van der Waals surface area contributed by atoms with Crippen LogP contribution in [-0.4, -0.2) is 39.4 Å². The van der Waals surface area contributed by atoms with Crippen molar-refractivity contribution >= 4 is 52.5 Å². The number of rotatable bonds is 8. The van der Waals surface area contributed by atoms with Gasteiger partial charge in [-0.05, 0) is 29.8 Å². The molecule has 0 aromatic heterocycles. The number of thioether (sulfide) groups is 1. The lowest BCUT2D eigenvalue weighted by Gasteiger charge is -2.13. The predicted molar refractivity (Wildman–Crippen MR) is 121 cm³/mol. The Kier molecular flexibility index (Phi) is 8.91. The number of para-hydroxylation sites is 1. The third kappa shape index (κ3) is 6.43. The van der Waals surface area contributed by atoms with E-state index in [1.807, 2.05) is 54.6 Å². The van der Waals surface area contributed by atoms with Crippen molar-refractivity contribution in [3.05, 3.63) is 60.2 Å². The maximum Gasteiger partial charge on any atom is 0.242 e. The highest BCUT2D eigenvalue weighted by Crippen LogP contribution is 2.29. The Balaban J connectivity index is 0.00000300. The second-order valence-electron chi connectivity index (χ2n) is 6.19. The van der Waals surface area contributed by atoms with Crippen molar-refractivity contribution in [1.29, 1.82) is 0 Å². The normalized spacial score (nSPS) is 15.8. The molecule has 3 rings (SSSR count). The Hall–Kier alpha value is -2.13. The molecule has 29 heavy (non-hydrogen) atoms. The maximum atomic E-state index is 12.3. The molecule has 0 radical (unpaired) electrons. The molecule has 154 valence electrons. The molecule has 9 heteroatoms. The van der Waals surface area contributed by atoms with Crippen LogP contribution in [0.4, 0.5) is 0 Å². The van der Waals surface area contributed by atoms with Crippen LogP contribution in [0, 0.1) is 0 Å². The number of carbonyl (C=O) groups excluding carboxylic acids is 2. The Morgan fingerprint density at radius 1 is 1.14 bits per heavy atom. The van der Waals surface area contributed by atoms with E-state index in [1.165, 1.54) is 16.7 Å². The molecule has 6 nitrogen and oxygen atoms in total. The summed E-state index contributed by atoms with van der Waals surface area (Å²) >= 11 is 6.43. The summed E-state index contributed by atoms with van der Waals surface area (Å²) in [5.41, 5.74) is 6.44. The average molecular weight is 452 g/mol. The van der Waals surface area contributed by atoms with Crippen LogP contribution in [0.1, 0.15) is 12.0 Å². The summed E-state index contributed by atoms with van der Waals surface area (Å²) in [5, 5.41) is 2.37. The zero-order valence-electron chi connectivity index (χ0n) is 15.6. The zero-order valence-corrected chi connectivity index (χ0v) is 18.0. The van der Waals surface area contributed by atoms with E-state index >= 15 is 0 Å². The fourth-order valence-electron chi connectivity index (χ4n) is 2.70. The molecule has 2 aromatic rings. The highest BCUT2D eigenvalue weighted by atomic mass is 35.5. The van der Waals surface area contributed by atoms with E-state index in [1.54, 1.807) is 0 Å². The second kappa shape index (κ2) is 11.2. The van der Waals surface area contributed by atoms with Crippen LogP contribution in [0.5, 0.6) is 11.5 Å². The van der Waals surface area contributed by atoms with Crippen LogP contribution in [0.15, 0.2) is 54.6 Å². The first kappa shape index (κ1) is 23.2. The first-order chi connectivity index (χ1) is 13.6. The van der Waals surface area contributed by atoms with Gasteiger partial charge in [-0.2, -0.15) is 0 Å². The number of nitrogens with two attached hydrogens (primary N) is 1. The lowest BCUT2D eigenvalue weighted by Crippen LogP contribution is -2.37. The summed E-state index contributed by atoms with van der Waals surface area (Å²) < 4.78 is 6.23. The molecule has 0 aliphatic carbocycles. The molecule has 2 amide bonds. The molecule has 1 saturated heterocycles. The molecule has 1 atom stereocenters. The highest BCUT2D eigenvalue weighted by Gasteiger charge is 2.37. The van der Waals surface area contributed by atoms with E-state index in [0.29, 0.717) is 24.0 Å². The smallest absolute Gasteiger partial charge is 0.242 e. The van der Waals surface area contributed by atoms with Crippen LogP contribution in [-0.2, 0) is 16.1 Å². The van der Waals surface area contributed by atoms with E-state index in [-0.39, 0.29) is 30.6 Å². The molecule has 1 heterocycles. The van der Waals surface area contributed by atoms with Crippen molar-refractivity contribution in [3.8, 4) is 11.5 Å². The van der Waals surface area contributed by atoms with E-state index in [2.05, 4.69) is 5.32 Å². The first-order valence-electron chi connectivity index (χ1n) is 8.87. The molecule has 2 aromatic carbocycles. The third-order valence-electron chi connectivity index (χ3n) is 4.12. The molecule has 3 N–H and O–H groups in total. The van der Waals surface area contributed by atoms with Crippen molar-refractivity contribution < 1.29 is 14.3 Å². The molecule has 0 saturated carbocycles. The fraction of sp³-hybridized carbons (Fsp3) is 0.250. The van der Waals surface area contributed by atoms with Crippen molar-refractivity contribution in [2.24, 2.45) is 5.73 Å². The Morgan fingerprint density at radius 3 is 2.45 bits per heavy atom. The number of carbonyl (C=O) groups is 2. The van der Waals surface area contributed by atoms with Crippen molar-refractivity contribution in [2.75, 3.05) is 13.1 Å². The van der Waals surface area contributed by atoms with Gasteiger partial charge in [0.15, 0.2) is 0 Å². The Labute approximate surface area is 185 Å². The molecular weight excluding hydrogens is 430 g/mol. The van der Waals surface area contributed by atoms with Crippen LogP contribution >= 0.6 is 36.4 Å². The topological polar surface area (TPSA) is 84.7 Å². The number of hydrogen-bond acceptors (Lipinski definition) is 6. The van der Waals surface area contributed by atoms with E-state index < -0.39 is 5.25 Å². The number of nitrogens with zero attached hydrogens (tertiary/aromatic N) is 1. The average Bonchev–Trinajstić information content (AvgIpc) is 2.96. The third-order valence-corrected chi connectivity index (χ3v) is 5.70. The van der Waals surface area contributed by atoms with Gasteiger partial charge in [-0.15, -0.1) is 12.4 Å². The van der Waals surface area contributed by atoms with Gasteiger partial charge in [0.05, 0.1) is 5.25 Å². The zero-order chi connectivity index (χ0) is 19.9. The lowest BCUT2D eigenvalue weighted by molar-refractivity contribution is -0.129. The van der Waals surface area contributed by atoms with Crippen molar-refractivity contribution in [1.82, 2.24) is 10.2 Å². The quantitative estimate of drug-likeness (QED) is 0.600. The monoisotopic (exact) mass is 451 g/mol. The van der Waals surface area contributed by atoms with Gasteiger partial charge in [0.25, 0.3) is 0 Å². The van der Waals surface area contributed by atoms with Gasteiger partial charge in [-0.3, -0.25) is 14.5 Å². The largest absolute Gasteiger partial charge is 0.457 e. The Bertz CT molecular complexity index is 850. The minimum absolute atomic E-state index is 0. The number of halogens is 1. The van der Waals surface area contributed by atoms with Gasteiger partial charge in [-0.1, -0.05) is 54.3 Å². The van der Waals surface area contributed by atoms with E-state index in [9.17, 15) is 9.59 Å². The minimum Gasteiger partial charge on any atom is -0.457 e. The number of hydrogen-bond donors (Lipinski definition) is 2. The summed E-state index contributed by atoms with van der Waals surface area (Å²) in [7, 11) is 0. The number of ether oxygens (including phenoxy) is 1. The second-order valence-corrected chi connectivity index (χ2v) is 8.03. The van der Waals surface area contributed by atoms with Crippen molar-refractivity contribution in [2.45, 2.75) is 18.2 Å². The fourth-order valence-corrected chi connectivity index (χ4v) is 4.24. The van der Waals surface area contributed by atoms with Crippen LogP contribution in [0.25, 0.3) is 0 Å². The summed E-state index contributed by atoms with van der Waals surface area (Å²) in [6, 6.07) is 17.0. The van der Waals surface area contributed by atoms with Gasteiger partial charge in [0, 0.05) is 26.1 Å². The molecule has 0 bridgehead atoms. The number of thiocarbonyl (C=S) groups is 1. The summed E-state index contributed by atoms with van der Waals surface area (Å²) in [4.78, 5) is 26.0. The predicted octanol–water partition coefficient (Wildman–Crippen LogP) is 3.09. The number of nitrogens with one attached hydrogen (secondary N) is 1. The molecule has 1 aliphatic heterocycles. The number of benzene rings is 2. The lowest BCUT2D eigenvalue weighted by atomic mass is 10.2. The molecule has 0 spiro atoms. The Morgan fingerprint density at radius 2 is 1.79 bits per heavy atom. The highest BCUT2D eigenvalue weighted by molar-refractivity contribution is 8.24. The first-order valence-corrected chi connectivity index (χ1v) is 10.2. The van der Waals surface area contributed by atoms with Crippen LogP contribution in [0.2, 0.25) is 0 Å². The van der Waals surface area contributed by atoms with Crippen molar-refractivity contribution in [3.63, 3.8) is 0 Å². The van der Waals surface area contributed by atoms with Crippen LogP contribution < -0.4 is 15.8 Å². The molecule has 1 unspecified atom stereocenters. The van der Waals surface area contributed by atoms with Gasteiger partial charge >= 0.3 is 0 Å². The van der Waals surface area contributed by atoms with Gasteiger partial charge in [0.1, 0.15) is 15.8 Å². The van der Waals surface area contributed by atoms with Gasteiger partial charge in [0.2, 0.25) is 11.8 Å².